The molecule has 1 fully saturated rings. The molecule has 1 aliphatic rings. The molecule has 1 nitrogen and oxygen atoms in total. The molecule has 0 spiro atoms. The van der Waals surface area contributed by atoms with Crippen LogP contribution in [-0.2, 0) is 0 Å². The molecule has 1 saturated carbocycles. The molecule has 90 valence electrons. The summed E-state index contributed by atoms with van der Waals surface area (Å²) in [5, 5.41) is 9.13. The lowest BCUT2D eigenvalue weighted by molar-refractivity contribution is 0.163. The monoisotopic (exact) mass is 212 g/mol. The first-order valence-electron chi connectivity index (χ1n) is 6.68. The van der Waals surface area contributed by atoms with Gasteiger partial charge in [-0.15, -0.1) is 0 Å². The van der Waals surface area contributed by atoms with E-state index >= 15 is 0 Å². The Morgan fingerprint density at radius 2 is 1.73 bits per heavy atom. The van der Waals surface area contributed by atoms with Gasteiger partial charge in [0.2, 0.25) is 0 Å². The summed E-state index contributed by atoms with van der Waals surface area (Å²) in [5.74, 6) is 1.75. The van der Waals surface area contributed by atoms with Crippen molar-refractivity contribution >= 4 is 0 Å². The van der Waals surface area contributed by atoms with E-state index in [1.54, 1.807) is 0 Å². The van der Waals surface area contributed by atoms with Crippen molar-refractivity contribution in [1.82, 2.24) is 0 Å². The highest BCUT2D eigenvalue weighted by Crippen LogP contribution is 2.38. The van der Waals surface area contributed by atoms with Gasteiger partial charge in [0.1, 0.15) is 0 Å². The topological polar surface area (TPSA) is 20.2 Å². The lowest BCUT2D eigenvalue weighted by atomic mass is 9.76. The molecule has 0 aromatic heterocycles. The molecule has 0 amide bonds. The van der Waals surface area contributed by atoms with Crippen LogP contribution in [0.2, 0.25) is 0 Å². The maximum Gasteiger partial charge on any atom is 0.0436 e. The van der Waals surface area contributed by atoms with Crippen molar-refractivity contribution in [2.45, 2.75) is 65.7 Å². The maximum absolute atomic E-state index is 9.13. The molecule has 0 heterocycles. The molecule has 3 atom stereocenters. The summed E-state index contributed by atoms with van der Waals surface area (Å²) in [6.45, 7) is 7.53. The molecule has 0 bridgehead atoms. The van der Waals surface area contributed by atoms with Crippen LogP contribution < -0.4 is 0 Å². The van der Waals surface area contributed by atoms with Crippen LogP contribution in [0.15, 0.2) is 0 Å². The number of aliphatic hydroxyl groups is 1. The van der Waals surface area contributed by atoms with Gasteiger partial charge in [0.15, 0.2) is 0 Å². The third-order valence-corrected chi connectivity index (χ3v) is 4.58. The van der Waals surface area contributed by atoms with Gasteiger partial charge < -0.3 is 5.11 Å². The third kappa shape index (κ3) is 4.14. The molecule has 0 aromatic carbocycles. The number of aliphatic hydroxyl groups excluding tert-OH is 1. The first kappa shape index (κ1) is 13.0. The highest BCUT2D eigenvalue weighted by molar-refractivity contribution is 4.78. The van der Waals surface area contributed by atoms with E-state index in [0.29, 0.717) is 12.0 Å². The molecular weight excluding hydrogens is 184 g/mol. The summed E-state index contributed by atoms with van der Waals surface area (Å²) in [5.41, 5.74) is 0.410. The number of hydrogen-bond donors (Lipinski definition) is 1. The van der Waals surface area contributed by atoms with Crippen molar-refractivity contribution in [2.75, 3.05) is 6.61 Å². The van der Waals surface area contributed by atoms with E-state index in [1.807, 2.05) is 0 Å². The van der Waals surface area contributed by atoms with Crippen molar-refractivity contribution in [3.8, 4) is 0 Å². The Labute approximate surface area is 95.3 Å². The van der Waals surface area contributed by atoms with Crippen LogP contribution in [0.5, 0.6) is 0 Å². The Morgan fingerprint density at radius 3 is 2.40 bits per heavy atom. The normalized spacial score (nSPS) is 39.2. The second-order valence-electron chi connectivity index (χ2n) is 6.02. The summed E-state index contributed by atoms with van der Waals surface area (Å²) >= 11 is 0. The van der Waals surface area contributed by atoms with Crippen LogP contribution in [0.3, 0.4) is 0 Å². The van der Waals surface area contributed by atoms with Crippen LogP contribution in [0.1, 0.15) is 65.7 Å². The van der Waals surface area contributed by atoms with Crippen molar-refractivity contribution in [3.63, 3.8) is 0 Å². The largest absolute Gasteiger partial charge is 0.396 e. The predicted molar refractivity (Wildman–Crippen MR) is 65.8 cm³/mol. The fraction of sp³-hybridized carbons (Fsp3) is 1.00. The quantitative estimate of drug-likeness (QED) is 0.733. The molecule has 3 unspecified atom stereocenters. The molecule has 0 saturated heterocycles. The summed E-state index contributed by atoms with van der Waals surface area (Å²) in [6.07, 6.45) is 9.09. The van der Waals surface area contributed by atoms with Crippen molar-refractivity contribution in [3.05, 3.63) is 0 Å². The maximum atomic E-state index is 9.13. The van der Waals surface area contributed by atoms with Crippen LogP contribution in [0.4, 0.5) is 0 Å². The summed E-state index contributed by atoms with van der Waals surface area (Å²) < 4.78 is 0. The van der Waals surface area contributed by atoms with Gasteiger partial charge in [0.05, 0.1) is 0 Å². The lowest BCUT2D eigenvalue weighted by Gasteiger charge is -2.29. The fourth-order valence-electron chi connectivity index (χ4n) is 2.81. The minimum absolute atomic E-state index is 0.362. The van der Waals surface area contributed by atoms with E-state index in [1.165, 1.54) is 38.5 Å². The predicted octanol–water partition coefficient (Wildman–Crippen LogP) is 4.00. The smallest absolute Gasteiger partial charge is 0.0436 e. The fourth-order valence-corrected chi connectivity index (χ4v) is 2.81. The standard InChI is InChI=1S/C14H28O/c1-12-6-4-5-8-14(3,10-11-15)9-7-13(12)2/h12-13,15H,4-11H2,1-3H3. The van der Waals surface area contributed by atoms with Crippen LogP contribution in [0.25, 0.3) is 0 Å². The van der Waals surface area contributed by atoms with Gasteiger partial charge in [-0.05, 0) is 42.9 Å². The molecule has 0 radical (unpaired) electrons. The van der Waals surface area contributed by atoms with E-state index in [9.17, 15) is 0 Å². The van der Waals surface area contributed by atoms with Crippen LogP contribution in [-0.4, -0.2) is 11.7 Å². The number of rotatable bonds is 2. The van der Waals surface area contributed by atoms with Crippen molar-refractivity contribution in [2.24, 2.45) is 17.3 Å². The van der Waals surface area contributed by atoms with Crippen LogP contribution in [0, 0.1) is 17.3 Å². The van der Waals surface area contributed by atoms with E-state index in [0.717, 1.165) is 18.3 Å². The molecule has 0 aliphatic heterocycles. The Kier molecular flexibility index (Phi) is 5.11. The highest BCUT2D eigenvalue weighted by atomic mass is 16.3. The van der Waals surface area contributed by atoms with Crippen molar-refractivity contribution < 1.29 is 5.11 Å². The molecule has 1 aliphatic carbocycles. The van der Waals surface area contributed by atoms with Gasteiger partial charge in [0.25, 0.3) is 0 Å². The van der Waals surface area contributed by atoms with Gasteiger partial charge in [0, 0.05) is 6.61 Å². The van der Waals surface area contributed by atoms with E-state index in [4.69, 9.17) is 5.11 Å². The molecule has 1 heteroatoms. The Hall–Kier alpha value is -0.0400. The Balaban J connectivity index is 2.54. The molecular formula is C14H28O. The highest BCUT2D eigenvalue weighted by Gasteiger charge is 2.26. The average Bonchev–Trinajstić information content (AvgIpc) is 2.25. The summed E-state index contributed by atoms with van der Waals surface area (Å²) in [6, 6.07) is 0. The van der Waals surface area contributed by atoms with E-state index < -0.39 is 0 Å². The van der Waals surface area contributed by atoms with E-state index in [2.05, 4.69) is 20.8 Å². The van der Waals surface area contributed by atoms with Crippen molar-refractivity contribution in [1.29, 1.82) is 0 Å². The molecule has 1 rings (SSSR count). The molecule has 0 aromatic rings. The lowest BCUT2D eigenvalue weighted by Crippen LogP contribution is -2.19. The Bertz CT molecular complexity index is 178. The second kappa shape index (κ2) is 5.89. The summed E-state index contributed by atoms with van der Waals surface area (Å²) in [7, 11) is 0. The van der Waals surface area contributed by atoms with Gasteiger partial charge in [-0.1, -0.05) is 40.0 Å². The van der Waals surface area contributed by atoms with Gasteiger partial charge in [-0.25, -0.2) is 0 Å². The molecule has 1 N–H and O–H groups in total. The number of hydrogen-bond acceptors (Lipinski definition) is 1. The minimum Gasteiger partial charge on any atom is -0.396 e. The minimum atomic E-state index is 0.362. The zero-order valence-corrected chi connectivity index (χ0v) is 10.8. The average molecular weight is 212 g/mol. The molecule has 15 heavy (non-hydrogen) atoms. The second-order valence-corrected chi connectivity index (χ2v) is 6.02. The SMILES string of the molecule is CC1CCCCC(C)(CCO)CCC1C. The van der Waals surface area contributed by atoms with Crippen LogP contribution >= 0.6 is 0 Å². The van der Waals surface area contributed by atoms with Gasteiger partial charge >= 0.3 is 0 Å². The third-order valence-electron chi connectivity index (χ3n) is 4.58. The first-order valence-corrected chi connectivity index (χ1v) is 6.68. The zero-order valence-electron chi connectivity index (χ0n) is 10.8. The zero-order chi connectivity index (χ0) is 11.3. The summed E-state index contributed by atoms with van der Waals surface area (Å²) in [4.78, 5) is 0. The first-order chi connectivity index (χ1) is 7.07. The van der Waals surface area contributed by atoms with Gasteiger partial charge in [-0.3, -0.25) is 0 Å². The Morgan fingerprint density at radius 1 is 1.07 bits per heavy atom. The van der Waals surface area contributed by atoms with E-state index in [-0.39, 0.29) is 0 Å². The van der Waals surface area contributed by atoms with Gasteiger partial charge in [-0.2, -0.15) is 0 Å².